The summed E-state index contributed by atoms with van der Waals surface area (Å²) in [6, 6.07) is 14.6. The summed E-state index contributed by atoms with van der Waals surface area (Å²) in [7, 11) is -3.77. The Morgan fingerprint density at radius 2 is 1.83 bits per heavy atom. The Labute approximate surface area is 132 Å². The number of nitro groups is 1. The fraction of sp³-hybridized carbons (Fsp3) is 0.200. The number of nitro benzene ring substituents is 1. The molecule has 2 aromatic rings. The van der Waals surface area contributed by atoms with Gasteiger partial charge in [-0.1, -0.05) is 30.3 Å². The Morgan fingerprint density at radius 3 is 2.48 bits per heavy atom. The van der Waals surface area contributed by atoms with Crippen molar-refractivity contribution in [2.24, 2.45) is 0 Å². The van der Waals surface area contributed by atoms with Gasteiger partial charge in [-0.3, -0.25) is 19.2 Å². The summed E-state index contributed by atoms with van der Waals surface area (Å²) in [6.07, 6.45) is 0.186. The Hall–Kier alpha value is -2.21. The third-order valence-corrected chi connectivity index (χ3v) is 4.77. The van der Waals surface area contributed by atoms with Crippen LogP contribution >= 0.6 is 7.82 Å². The van der Waals surface area contributed by atoms with Crippen molar-refractivity contribution in [1.29, 1.82) is 0 Å². The first kappa shape index (κ1) is 15.7. The highest BCUT2D eigenvalue weighted by Gasteiger charge is 2.37. The fourth-order valence-corrected chi connectivity index (χ4v) is 3.62. The van der Waals surface area contributed by atoms with Gasteiger partial charge >= 0.3 is 7.82 Å². The number of hydrogen-bond donors (Lipinski definition) is 0. The lowest BCUT2D eigenvalue weighted by Gasteiger charge is -2.28. The van der Waals surface area contributed by atoms with Crippen molar-refractivity contribution in [3.05, 3.63) is 70.3 Å². The zero-order chi connectivity index (χ0) is 16.3. The molecule has 120 valence electrons. The number of phosphoric ester groups is 1. The van der Waals surface area contributed by atoms with Gasteiger partial charge in [0, 0.05) is 18.6 Å². The molecular weight excluding hydrogens is 321 g/mol. The van der Waals surface area contributed by atoms with Gasteiger partial charge in [0.25, 0.3) is 5.69 Å². The molecule has 8 heteroatoms. The van der Waals surface area contributed by atoms with E-state index in [0.717, 1.165) is 5.56 Å². The van der Waals surface area contributed by atoms with Crippen molar-refractivity contribution >= 4 is 13.5 Å². The van der Waals surface area contributed by atoms with Crippen LogP contribution in [0, 0.1) is 10.1 Å². The molecule has 23 heavy (non-hydrogen) atoms. The minimum absolute atomic E-state index is 0.0803. The van der Waals surface area contributed by atoms with Crippen molar-refractivity contribution < 1.29 is 23.1 Å². The highest BCUT2D eigenvalue weighted by molar-refractivity contribution is 7.49. The molecular formula is C15H14NO6P. The molecule has 1 aliphatic heterocycles. The highest BCUT2D eigenvalue weighted by Crippen LogP contribution is 2.56. The van der Waals surface area contributed by atoms with Gasteiger partial charge < -0.3 is 4.52 Å². The van der Waals surface area contributed by atoms with E-state index in [2.05, 4.69) is 0 Å². The van der Waals surface area contributed by atoms with E-state index in [1.165, 1.54) is 24.3 Å². The molecule has 0 spiro atoms. The molecule has 1 saturated heterocycles. The molecule has 0 saturated carbocycles. The third kappa shape index (κ3) is 3.76. The van der Waals surface area contributed by atoms with Crippen molar-refractivity contribution in [2.75, 3.05) is 6.61 Å². The quantitative estimate of drug-likeness (QED) is 0.471. The Kier molecular flexibility index (Phi) is 4.43. The minimum Gasteiger partial charge on any atom is -0.404 e. The van der Waals surface area contributed by atoms with Gasteiger partial charge in [0.1, 0.15) is 5.75 Å². The molecule has 0 unspecified atom stereocenters. The van der Waals surface area contributed by atoms with Gasteiger partial charge in [0.05, 0.1) is 17.6 Å². The average molecular weight is 335 g/mol. The van der Waals surface area contributed by atoms with Gasteiger partial charge in [-0.15, -0.1) is 0 Å². The Balaban J connectivity index is 1.73. The molecule has 0 amide bonds. The molecule has 1 heterocycles. The second kappa shape index (κ2) is 6.50. The maximum absolute atomic E-state index is 12.6. The lowest BCUT2D eigenvalue weighted by atomic mass is 10.1. The number of nitrogens with zero attached hydrogens (tertiary/aromatic N) is 1. The SMILES string of the molecule is O=[N+]([O-])c1ccc(O[P@]2(=O)OCC[C@@H](c3ccccc3)O2)cc1. The summed E-state index contributed by atoms with van der Waals surface area (Å²) < 4.78 is 28.6. The average Bonchev–Trinajstić information content (AvgIpc) is 2.56. The largest absolute Gasteiger partial charge is 0.530 e. The molecule has 2 aromatic carbocycles. The van der Waals surface area contributed by atoms with Gasteiger partial charge in [-0.25, -0.2) is 4.57 Å². The predicted octanol–water partition coefficient (Wildman–Crippen LogP) is 4.26. The summed E-state index contributed by atoms with van der Waals surface area (Å²) >= 11 is 0. The normalized spacial score (nSPS) is 24.1. The predicted molar refractivity (Wildman–Crippen MR) is 82.2 cm³/mol. The molecule has 0 N–H and O–H groups in total. The van der Waals surface area contributed by atoms with Crippen molar-refractivity contribution in [2.45, 2.75) is 12.5 Å². The first-order chi connectivity index (χ1) is 11.1. The second-order valence-corrected chi connectivity index (χ2v) is 6.46. The first-order valence-electron chi connectivity index (χ1n) is 6.98. The van der Waals surface area contributed by atoms with Gasteiger partial charge in [-0.05, 0) is 17.7 Å². The van der Waals surface area contributed by atoms with Crippen LogP contribution in [0.15, 0.2) is 54.6 Å². The topological polar surface area (TPSA) is 87.9 Å². The maximum atomic E-state index is 12.6. The molecule has 7 nitrogen and oxygen atoms in total. The summed E-state index contributed by atoms with van der Waals surface area (Å²) in [5.74, 6) is 0.188. The molecule has 0 aromatic heterocycles. The van der Waals surface area contributed by atoms with Gasteiger partial charge in [-0.2, -0.15) is 0 Å². The van der Waals surface area contributed by atoms with E-state index in [9.17, 15) is 14.7 Å². The van der Waals surface area contributed by atoms with Crippen LogP contribution in [0.3, 0.4) is 0 Å². The molecule has 0 aliphatic carbocycles. The van der Waals surface area contributed by atoms with Crippen LogP contribution in [-0.2, 0) is 13.6 Å². The summed E-state index contributed by atoms with van der Waals surface area (Å²) in [5.41, 5.74) is 0.812. The number of rotatable bonds is 4. The molecule has 1 aliphatic rings. The number of non-ortho nitro benzene ring substituents is 1. The van der Waals surface area contributed by atoms with E-state index in [4.69, 9.17) is 13.6 Å². The summed E-state index contributed by atoms with van der Waals surface area (Å²) in [5, 5.41) is 10.6. The van der Waals surface area contributed by atoms with Crippen molar-refractivity contribution in [3.8, 4) is 5.75 Å². The highest BCUT2D eigenvalue weighted by atomic mass is 31.2. The van der Waals surface area contributed by atoms with E-state index in [0.29, 0.717) is 6.42 Å². The van der Waals surface area contributed by atoms with Crippen molar-refractivity contribution in [1.82, 2.24) is 0 Å². The van der Waals surface area contributed by atoms with Crippen LogP contribution < -0.4 is 4.52 Å². The molecule has 3 rings (SSSR count). The van der Waals surface area contributed by atoms with Crippen molar-refractivity contribution in [3.63, 3.8) is 0 Å². The van der Waals surface area contributed by atoms with E-state index in [1.807, 2.05) is 30.3 Å². The Morgan fingerprint density at radius 1 is 1.13 bits per heavy atom. The fourth-order valence-electron chi connectivity index (χ4n) is 2.21. The number of benzene rings is 2. The molecule has 2 atom stereocenters. The number of hydrogen-bond acceptors (Lipinski definition) is 6. The van der Waals surface area contributed by atoms with E-state index >= 15 is 0 Å². The van der Waals surface area contributed by atoms with E-state index in [1.54, 1.807) is 0 Å². The zero-order valence-corrected chi connectivity index (χ0v) is 12.9. The Bertz CT molecular complexity index is 733. The minimum atomic E-state index is -3.77. The molecule has 1 fully saturated rings. The molecule has 0 bridgehead atoms. The number of phosphoric acid groups is 1. The monoisotopic (exact) mass is 335 g/mol. The lowest BCUT2D eigenvalue weighted by Crippen LogP contribution is -2.16. The van der Waals surface area contributed by atoms with Crippen LogP contribution in [0.4, 0.5) is 5.69 Å². The standard InChI is InChI=1S/C15H14NO6P/c17-16(18)13-6-8-14(9-7-13)21-23(19)20-11-10-15(22-23)12-4-2-1-3-5-12/h1-9,15H,10-11H2/t15-,23-/m0/s1. The molecule has 0 radical (unpaired) electrons. The smallest absolute Gasteiger partial charge is 0.404 e. The van der Waals surface area contributed by atoms with Gasteiger partial charge in [0.2, 0.25) is 0 Å². The third-order valence-electron chi connectivity index (χ3n) is 3.32. The van der Waals surface area contributed by atoms with Crippen LogP contribution in [0.5, 0.6) is 5.75 Å². The summed E-state index contributed by atoms with van der Waals surface area (Å²) in [4.78, 5) is 10.1. The second-order valence-electron chi connectivity index (χ2n) is 4.92. The van der Waals surface area contributed by atoms with Crippen LogP contribution in [0.2, 0.25) is 0 Å². The van der Waals surface area contributed by atoms with E-state index < -0.39 is 12.7 Å². The van der Waals surface area contributed by atoms with Gasteiger partial charge in [0.15, 0.2) is 0 Å². The zero-order valence-electron chi connectivity index (χ0n) is 12.0. The van der Waals surface area contributed by atoms with Crippen LogP contribution in [0.25, 0.3) is 0 Å². The van der Waals surface area contributed by atoms with Crippen LogP contribution in [-0.4, -0.2) is 11.5 Å². The lowest BCUT2D eigenvalue weighted by molar-refractivity contribution is -0.384. The summed E-state index contributed by atoms with van der Waals surface area (Å²) in [6.45, 7) is 0.240. The first-order valence-corrected chi connectivity index (χ1v) is 8.44. The van der Waals surface area contributed by atoms with Crippen LogP contribution in [0.1, 0.15) is 18.1 Å². The van der Waals surface area contributed by atoms with E-state index in [-0.39, 0.29) is 24.1 Å². The maximum Gasteiger partial charge on any atom is 0.530 e.